The number of halogens is 1. The summed E-state index contributed by atoms with van der Waals surface area (Å²) in [5.74, 6) is -0.191. The predicted octanol–water partition coefficient (Wildman–Crippen LogP) is 2.37. The third-order valence-electron chi connectivity index (χ3n) is 3.05. The van der Waals surface area contributed by atoms with Crippen molar-refractivity contribution in [1.29, 1.82) is 0 Å². The van der Waals surface area contributed by atoms with Crippen LogP contribution in [0, 0.1) is 19.7 Å². The van der Waals surface area contributed by atoms with Crippen molar-refractivity contribution in [2.75, 3.05) is 0 Å². The highest BCUT2D eigenvalue weighted by Gasteiger charge is 2.17. The highest BCUT2D eigenvalue weighted by molar-refractivity contribution is 5.85. The highest BCUT2D eigenvalue weighted by Crippen LogP contribution is 2.12. The first-order valence-electron chi connectivity index (χ1n) is 6.82. The lowest BCUT2D eigenvalue weighted by Gasteiger charge is -2.01. The molecule has 0 saturated carbocycles. The molecule has 0 amide bonds. The van der Waals surface area contributed by atoms with Crippen molar-refractivity contribution in [3.05, 3.63) is 59.3 Å². The lowest BCUT2D eigenvalue weighted by molar-refractivity contribution is 0.0423. The number of rotatable bonds is 4. The number of esters is 1. The second-order valence-electron chi connectivity index (χ2n) is 4.88. The van der Waals surface area contributed by atoms with Gasteiger partial charge in [-0.1, -0.05) is 5.16 Å². The van der Waals surface area contributed by atoms with Gasteiger partial charge in [0.05, 0.1) is 11.4 Å². The zero-order chi connectivity index (χ0) is 16.4. The zero-order valence-electron chi connectivity index (χ0n) is 12.5. The van der Waals surface area contributed by atoms with Gasteiger partial charge in [0.2, 0.25) is 0 Å². The summed E-state index contributed by atoms with van der Waals surface area (Å²) in [6.07, 6.45) is 0. The number of ether oxygens (including phenoxy) is 1. The number of carbonyl (C=O) groups excluding carboxylic acids is 1. The zero-order valence-corrected chi connectivity index (χ0v) is 12.5. The van der Waals surface area contributed by atoms with Crippen LogP contribution >= 0.6 is 0 Å². The maximum absolute atomic E-state index is 13.0. The first-order valence-corrected chi connectivity index (χ1v) is 6.82. The van der Waals surface area contributed by atoms with E-state index in [1.165, 1.54) is 16.8 Å². The SMILES string of the molecule is Cc1cc(COC(=O)c2nc(C)n(-c3ccc(F)cc3)n2)on1. The number of hydrogen-bond acceptors (Lipinski definition) is 6. The highest BCUT2D eigenvalue weighted by atomic mass is 19.1. The lowest BCUT2D eigenvalue weighted by Crippen LogP contribution is -2.08. The van der Waals surface area contributed by atoms with E-state index in [0.717, 1.165) is 0 Å². The maximum Gasteiger partial charge on any atom is 0.378 e. The topological polar surface area (TPSA) is 83.0 Å². The van der Waals surface area contributed by atoms with E-state index in [1.807, 2.05) is 0 Å². The molecule has 0 aliphatic rings. The first-order chi connectivity index (χ1) is 11.0. The summed E-state index contributed by atoms with van der Waals surface area (Å²) in [4.78, 5) is 16.1. The third-order valence-corrected chi connectivity index (χ3v) is 3.05. The molecule has 23 heavy (non-hydrogen) atoms. The molecule has 118 valence electrons. The molecule has 0 N–H and O–H groups in total. The molecular formula is C15H13FN4O3. The summed E-state index contributed by atoms with van der Waals surface area (Å²) in [6, 6.07) is 7.37. The number of hydrogen-bond donors (Lipinski definition) is 0. The molecule has 0 spiro atoms. The minimum absolute atomic E-state index is 0.0518. The van der Waals surface area contributed by atoms with Crippen LogP contribution < -0.4 is 0 Å². The molecule has 8 heteroatoms. The molecule has 1 aromatic carbocycles. The number of benzene rings is 1. The van der Waals surface area contributed by atoms with Crippen molar-refractivity contribution in [1.82, 2.24) is 19.9 Å². The molecule has 0 unspecified atom stereocenters. The molecule has 0 saturated heterocycles. The second-order valence-corrected chi connectivity index (χ2v) is 4.88. The first kappa shape index (κ1) is 14.9. The van der Waals surface area contributed by atoms with Gasteiger partial charge in [0.15, 0.2) is 12.4 Å². The summed E-state index contributed by atoms with van der Waals surface area (Å²) in [5.41, 5.74) is 1.30. The van der Waals surface area contributed by atoms with E-state index in [-0.39, 0.29) is 18.2 Å². The maximum atomic E-state index is 13.0. The van der Waals surface area contributed by atoms with Crippen molar-refractivity contribution in [2.24, 2.45) is 0 Å². The number of aromatic nitrogens is 4. The Balaban J connectivity index is 1.74. The smallest absolute Gasteiger partial charge is 0.378 e. The van der Waals surface area contributed by atoms with Gasteiger partial charge in [-0.05, 0) is 38.1 Å². The second kappa shape index (κ2) is 5.99. The Morgan fingerprint density at radius 3 is 2.70 bits per heavy atom. The van der Waals surface area contributed by atoms with Crippen molar-refractivity contribution in [3.63, 3.8) is 0 Å². The number of nitrogens with zero attached hydrogens (tertiary/aromatic N) is 4. The fourth-order valence-electron chi connectivity index (χ4n) is 1.99. The number of aryl methyl sites for hydroxylation is 2. The summed E-state index contributed by atoms with van der Waals surface area (Å²) >= 11 is 0. The standard InChI is InChI=1S/C15H13FN4O3/c1-9-7-13(23-19-9)8-22-15(21)14-17-10(2)20(18-14)12-5-3-11(16)4-6-12/h3-7H,8H2,1-2H3. The Morgan fingerprint density at radius 2 is 2.04 bits per heavy atom. The van der Waals surface area contributed by atoms with Gasteiger partial charge >= 0.3 is 5.97 Å². The van der Waals surface area contributed by atoms with Crippen LogP contribution in [-0.4, -0.2) is 25.9 Å². The van der Waals surface area contributed by atoms with Gasteiger partial charge in [-0.2, -0.15) is 0 Å². The molecule has 0 fully saturated rings. The Kier molecular flexibility index (Phi) is 3.88. The van der Waals surface area contributed by atoms with E-state index in [9.17, 15) is 9.18 Å². The fourth-order valence-corrected chi connectivity index (χ4v) is 1.99. The average Bonchev–Trinajstić information content (AvgIpc) is 3.12. The molecule has 2 aromatic heterocycles. The summed E-state index contributed by atoms with van der Waals surface area (Å²) in [7, 11) is 0. The molecule has 3 aromatic rings. The molecule has 0 radical (unpaired) electrons. The van der Waals surface area contributed by atoms with Gasteiger partial charge in [0.1, 0.15) is 11.6 Å². The van der Waals surface area contributed by atoms with Crippen LogP contribution in [0.1, 0.15) is 27.9 Å². The van der Waals surface area contributed by atoms with Crippen LogP contribution in [0.2, 0.25) is 0 Å². The summed E-state index contributed by atoms with van der Waals surface area (Å²) in [5, 5.41) is 7.79. The summed E-state index contributed by atoms with van der Waals surface area (Å²) < 4.78 is 24.4. The van der Waals surface area contributed by atoms with Gasteiger partial charge in [0.25, 0.3) is 5.82 Å². The van der Waals surface area contributed by atoms with Crippen molar-refractivity contribution < 1.29 is 18.4 Å². The Labute approximate surface area is 130 Å². The van der Waals surface area contributed by atoms with E-state index in [1.54, 1.807) is 32.0 Å². The van der Waals surface area contributed by atoms with Crippen molar-refractivity contribution in [2.45, 2.75) is 20.5 Å². The average molecular weight is 316 g/mol. The minimum Gasteiger partial charge on any atom is -0.451 e. The molecule has 0 atom stereocenters. The predicted molar refractivity (Wildman–Crippen MR) is 76.4 cm³/mol. The van der Waals surface area contributed by atoms with Crippen LogP contribution in [0.15, 0.2) is 34.9 Å². The molecule has 0 aliphatic heterocycles. The van der Waals surface area contributed by atoms with Crippen molar-refractivity contribution >= 4 is 5.97 Å². The Hall–Kier alpha value is -3.03. The Morgan fingerprint density at radius 1 is 1.30 bits per heavy atom. The van der Waals surface area contributed by atoms with E-state index in [2.05, 4.69) is 15.2 Å². The van der Waals surface area contributed by atoms with E-state index < -0.39 is 5.97 Å². The van der Waals surface area contributed by atoms with Crippen LogP contribution in [-0.2, 0) is 11.3 Å². The minimum atomic E-state index is -0.678. The van der Waals surface area contributed by atoms with Crippen LogP contribution in [0.25, 0.3) is 5.69 Å². The largest absolute Gasteiger partial charge is 0.451 e. The lowest BCUT2D eigenvalue weighted by atomic mass is 10.3. The quantitative estimate of drug-likeness (QED) is 0.687. The van der Waals surface area contributed by atoms with E-state index in [4.69, 9.17) is 9.26 Å². The van der Waals surface area contributed by atoms with Crippen LogP contribution in [0.3, 0.4) is 0 Å². The third kappa shape index (κ3) is 3.25. The monoisotopic (exact) mass is 316 g/mol. The number of carbonyl (C=O) groups is 1. The van der Waals surface area contributed by atoms with Gasteiger partial charge in [-0.25, -0.2) is 18.9 Å². The van der Waals surface area contributed by atoms with Crippen LogP contribution in [0.5, 0.6) is 0 Å². The molecule has 0 bridgehead atoms. The van der Waals surface area contributed by atoms with E-state index in [0.29, 0.717) is 23.0 Å². The molecular weight excluding hydrogens is 303 g/mol. The van der Waals surface area contributed by atoms with Gasteiger partial charge < -0.3 is 9.26 Å². The molecule has 3 rings (SSSR count). The van der Waals surface area contributed by atoms with Gasteiger partial charge in [-0.3, -0.25) is 0 Å². The summed E-state index contributed by atoms with van der Waals surface area (Å²) in [6.45, 7) is 3.40. The normalized spacial score (nSPS) is 10.7. The van der Waals surface area contributed by atoms with E-state index >= 15 is 0 Å². The van der Waals surface area contributed by atoms with Crippen molar-refractivity contribution in [3.8, 4) is 5.69 Å². The Bertz CT molecular complexity index is 839. The molecule has 7 nitrogen and oxygen atoms in total. The van der Waals surface area contributed by atoms with Crippen LogP contribution in [0.4, 0.5) is 4.39 Å². The molecule has 2 heterocycles. The van der Waals surface area contributed by atoms with Gasteiger partial charge in [-0.15, -0.1) is 5.10 Å². The van der Waals surface area contributed by atoms with Gasteiger partial charge in [0, 0.05) is 6.07 Å². The molecule has 0 aliphatic carbocycles. The fraction of sp³-hybridized carbons (Fsp3) is 0.200.